The number of nitrogen functional groups attached to an aromatic ring is 2. The quantitative estimate of drug-likeness (QED) is 0.207. The molecular formula is C27H18F6N6. The van der Waals surface area contributed by atoms with Gasteiger partial charge in [0.05, 0.1) is 28.0 Å². The molecule has 198 valence electrons. The van der Waals surface area contributed by atoms with Crippen LogP contribution in [0.4, 0.5) is 49.5 Å². The van der Waals surface area contributed by atoms with Crippen LogP contribution in [-0.2, 0) is 12.4 Å². The fraction of sp³-hybridized carbons (Fsp3) is 0.0741. The van der Waals surface area contributed by atoms with Gasteiger partial charge in [0.2, 0.25) is 5.95 Å². The van der Waals surface area contributed by atoms with E-state index in [0.29, 0.717) is 33.5 Å². The Balaban J connectivity index is 1.44. The Hall–Kier alpha value is -4.87. The van der Waals surface area contributed by atoms with E-state index in [2.05, 4.69) is 20.3 Å². The Labute approximate surface area is 217 Å². The number of hydrogen-bond donors (Lipinski definition) is 3. The number of nitrogens with zero attached hydrogens (tertiary/aromatic N) is 3. The summed E-state index contributed by atoms with van der Waals surface area (Å²) < 4.78 is 78.1. The first kappa shape index (κ1) is 25.8. The SMILES string of the molecule is Nc1nc(Nc2ccc3nc(-c4cccc(C(F)(F)F)c4)cc(N)c3c2)cc(-c2ccc(C(F)(F)F)cc2)n1. The lowest BCUT2D eigenvalue weighted by molar-refractivity contribution is -0.138. The van der Waals surface area contributed by atoms with E-state index in [9.17, 15) is 26.3 Å². The number of rotatable bonds is 4. The van der Waals surface area contributed by atoms with Crippen LogP contribution in [0, 0.1) is 0 Å². The molecular weight excluding hydrogens is 522 g/mol. The molecule has 0 aliphatic carbocycles. The smallest absolute Gasteiger partial charge is 0.398 e. The zero-order valence-corrected chi connectivity index (χ0v) is 19.8. The van der Waals surface area contributed by atoms with E-state index in [0.717, 1.165) is 24.3 Å². The molecule has 0 bridgehead atoms. The number of benzene rings is 3. The average molecular weight is 540 g/mol. The third-order valence-electron chi connectivity index (χ3n) is 5.85. The largest absolute Gasteiger partial charge is 0.416 e. The van der Waals surface area contributed by atoms with Gasteiger partial charge >= 0.3 is 12.4 Å². The Morgan fingerprint density at radius 3 is 2.00 bits per heavy atom. The zero-order valence-electron chi connectivity index (χ0n) is 19.8. The van der Waals surface area contributed by atoms with Crippen LogP contribution < -0.4 is 16.8 Å². The van der Waals surface area contributed by atoms with E-state index in [-0.39, 0.29) is 23.0 Å². The first-order valence-corrected chi connectivity index (χ1v) is 11.3. The molecule has 0 aliphatic rings. The average Bonchev–Trinajstić information content (AvgIpc) is 2.88. The van der Waals surface area contributed by atoms with E-state index >= 15 is 0 Å². The second-order valence-corrected chi connectivity index (χ2v) is 8.60. The maximum Gasteiger partial charge on any atom is 0.416 e. The standard InChI is InChI=1S/C27H18F6N6/c28-26(29,30)16-6-4-14(5-7-16)23-13-24(39-25(35)38-23)36-18-8-9-21-19(11-18)20(34)12-22(37-21)15-2-1-3-17(10-15)27(31,32)33/h1-13H,(H2,34,37)(H3,35,36,38,39). The van der Waals surface area contributed by atoms with Gasteiger partial charge in [-0.3, -0.25) is 0 Å². The monoisotopic (exact) mass is 540 g/mol. The number of halogens is 6. The summed E-state index contributed by atoms with van der Waals surface area (Å²) in [5.74, 6) is 0.187. The molecule has 39 heavy (non-hydrogen) atoms. The van der Waals surface area contributed by atoms with Gasteiger partial charge in [-0.05, 0) is 48.5 Å². The molecule has 0 aliphatic heterocycles. The van der Waals surface area contributed by atoms with Crippen molar-refractivity contribution in [3.8, 4) is 22.5 Å². The summed E-state index contributed by atoms with van der Waals surface area (Å²) in [7, 11) is 0. The molecule has 2 heterocycles. The summed E-state index contributed by atoms with van der Waals surface area (Å²) in [6.45, 7) is 0. The van der Waals surface area contributed by atoms with E-state index in [1.165, 1.54) is 36.4 Å². The highest BCUT2D eigenvalue weighted by atomic mass is 19.4. The molecule has 2 aromatic heterocycles. The molecule has 5 rings (SSSR count). The van der Waals surface area contributed by atoms with Crippen molar-refractivity contribution in [2.24, 2.45) is 0 Å². The van der Waals surface area contributed by atoms with E-state index in [4.69, 9.17) is 11.5 Å². The fourth-order valence-corrected chi connectivity index (χ4v) is 3.99. The second kappa shape index (κ2) is 9.46. The van der Waals surface area contributed by atoms with Crippen LogP contribution in [0.3, 0.4) is 0 Å². The van der Waals surface area contributed by atoms with Gasteiger partial charge in [0.25, 0.3) is 0 Å². The number of aromatic nitrogens is 3. The van der Waals surface area contributed by atoms with Crippen LogP contribution in [0.25, 0.3) is 33.4 Å². The summed E-state index contributed by atoms with van der Waals surface area (Å²) in [5.41, 5.74) is 13.1. The number of anilines is 4. The highest BCUT2D eigenvalue weighted by molar-refractivity contribution is 5.95. The predicted octanol–water partition coefficient (Wildman–Crippen LogP) is 7.30. The number of alkyl halides is 6. The lowest BCUT2D eigenvalue weighted by Gasteiger charge is -2.12. The summed E-state index contributed by atoms with van der Waals surface area (Å²) in [6.07, 6.45) is -8.95. The third-order valence-corrected chi connectivity index (χ3v) is 5.85. The molecule has 0 saturated carbocycles. The summed E-state index contributed by atoms with van der Waals surface area (Å²) >= 11 is 0. The van der Waals surface area contributed by atoms with Crippen LogP contribution >= 0.6 is 0 Å². The summed E-state index contributed by atoms with van der Waals surface area (Å²) in [5, 5.41) is 3.60. The second-order valence-electron chi connectivity index (χ2n) is 8.60. The molecule has 5 N–H and O–H groups in total. The molecule has 0 amide bonds. The Morgan fingerprint density at radius 1 is 0.615 bits per heavy atom. The van der Waals surface area contributed by atoms with Gasteiger partial charge in [0.15, 0.2) is 0 Å². The fourth-order valence-electron chi connectivity index (χ4n) is 3.99. The third kappa shape index (κ3) is 5.54. The number of nitrogens with one attached hydrogen (secondary N) is 1. The van der Waals surface area contributed by atoms with E-state index in [1.54, 1.807) is 18.2 Å². The minimum atomic E-state index is -4.49. The summed E-state index contributed by atoms with van der Waals surface area (Å²) in [6, 6.07) is 17.3. The Kier molecular flexibility index (Phi) is 6.25. The lowest BCUT2D eigenvalue weighted by atomic mass is 10.0. The van der Waals surface area contributed by atoms with Crippen molar-refractivity contribution in [1.82, 2.24) is 15.0 Å². The van der Waals surface area contributed by atoms with Gasteiger partial charge in [0.1, 0.15) is 5.82 Å². The molecule has 0 radical (unpaired) electrons. The molecule has 0 unspecified atom stereocenters. The number of fused-ring (bicyclic) bond motifs is 1. The van der Waals surface area contributed by atoms with Crippen LogP contribution in [0.1, 0.15) is 11.1 Å². The van der Waals surface area contributed by atoms with Crippen LogP contribution in [0.5, 0.6) is 0 Å². The minimum Gasteiger partial charge on any atom is -0.398 e. The maximum atomic E-state index is 13.1. The van der Waals surface area contributed by atoms with Crippen LogP contribution in [0.2, 0.25) is 0 Å². The molecule has 0 saturated heterocycles. The molecule has 12 heteroatoms. The van der Waals surface area contributed by atoms with Crippen LogP contribution in [0.15, 0.2) is 78.9 Å². The molecule has 0 spiro atoms. The number of pyridine rings is 1. The van der Waals surface area contributed by atoms with Crippen molar-refractivity contribution in [3.63, 3.8) is 0 Å². The van der Waals surface area contributed by atoms with Gasteiger partial charge in [-0.2, -0.15) is 31.3 Å². The van der Waals surface area contributed by atoms with E-state index in [1.807, 2.05) is 0 Å². The lowest BCUT2D eigenvalue weighted by Crippen LogP contribution is -2.05. The van der Waals surface area contributed by atoms with E-state index < -0.39 is 23.5 Å². The molecule has 0 atom stereocenters. The maximum absolute atomic E-state index is 13.1. The van der Waals surface area contributed by atoms with Gasteiger partial charge in [-0.1, -0.05) is 24.3 Å². The van der Waals surface area contributed by atoms with Crippen molar-refractivity contribution >= 4 is 34.0 Å². The first-order chi connectivity index (χ1) is 18.4. The topological polar surface area (TPSA) is 103 Å². The number of nitrogens with two attached hydrogens (primary N) is 2. The zero-order chi connectivity index (χ0) is 27.9. The van der Waals surface area contributed by atoms with Gasteiger partial charge < -0.3 is 16.8 Å². The molecule has 3 aromatic carbocycles. The van der Waals surface area contributed by atoms with Gasteiger partial charge in [-0.25, -0.2) is 9.97 Å². The summed E-state index contributed by atoms with van der Waals surface area (Å²) in [4.78, 5) is 12.7. The number of hydrogen-bond acceptors (Lipinski definition) is 6. The Morgan fingerprint density at radius 2 is 1.31 bits per heavy atom. The first-order valence-electron chi connectivity index (χ1n) is 11.3. The normalized spacial score (nSPS) is 12.1. The van der Waals surface area contributed by atoms with Crippen molar-refractivity contribution < 1.29 is 26.3 Å². The van der Waals surface area contributed by atoms with Crippen molar-refractivity contribution in [1.29, 1.82) is 0 Å². The Bertz CT molecular complexity index is 1680. The molecule has 0 fully saturated rings. The highest BCUT2D eigenvalue weighted by Crippen LogP contribution is 2.35. The van der Waals surface area contributed by atoms with Crippen molar-refractivity contribution in [2.75, 3.05) is 16.8 Å². The van der Waals surface area contributed by atoms with Crippen LogP contribution in [-0.4, -0.2) is 15.0 Å². The van der Waals surface area contributed by atoms with Gasteiger partial charge in [-0.15, -0.1) is 0 Å². The minimum absolute atomic E-state index is 0.0948. The van der Waals surface area contributed by atoms with Crippen molar-refractivity contribution in [3.05, 3.63) is 90.0 Å². The molecule has 5 aromatic rings. The molecule has 6 nitrogen and oxygen atoms in total. The van der Waals surface area contributed by atoms with Crippen molar-refractivity contribution in [2.45, 2.75) is 12.4 Å². The highest BCUT2D eigenvalue weighted by Gasteiger charge is 2.31. The van der Waals surface area contributed by atoms with Gasteiger partial charge in [0, 0.05) is 34.0 Å². The predicted molar refractivity (Wildman–Crippen MR) is 137 cm³/mol.